The highest BCUT2D eigenvalue weighted by atomic mass is 16.5. The van der Waals surface area contributed by atoms with E-state index in [1.165, 1.54) is 16.7 Å². The smallest absolute Gasteiger partial charge is 0.122 e. The van der Waals surface area contributed by atoms with Gasteiger partial charge in [-0.15, -0.1) is 0 Å². The number of ether oxygens (including phenoxy) is 1. The SMILES string of the molecule is OCCNCc1ccc(CC2COc3ccccc3C2)cc1. The van der Waals surface area contributed by atoms with Crippen molar-refractivity contribution in [3.63, 3.8) is 0 Å². The van der Waals surface area contributed by atoms with Gasteiger partial charge in [-0.25, -0.2) is 0 Å². The third kappa shape index (κ3) is 3.87. The molecule has 0 radical (unpaired) electrons. The molecule has 3 heteroatoms. The number of aliphatic hydroxyl groups is 1. The second-order valence-corrected chi connectivity index (χ2v) is 5.91. The van der Waals surface area contributed by atoms with Gasteiger partial charge in [0, 0.05) is 19.0 Å². The second kappa shape index (κ2) is 7.43. The van der Waals surface area contributed by atoms with Gasteiger partial charge < -0.3 is 15.2 Å². The van der Waals surface area contributed by atoms with E-state index in [1.807, 2.05) is 6.07 Å². The monoisotopic (exact) mass is 297 g/mol. The van der Waals surface area contributed by atoms with E-state index in [0.717, 1.165) is 31.7 Å². The van der Waals surface area contributed by atoms with E-state index >= 15 is 0 Å². The van der Waals surface area contributed by atoms with Gasteiger partial charge in [0.05, 0.1) is 13.2 Å². The van der Waals surface area contributed by atoms with Crippen LogP contribution in [-0.4, -0.2) is 24.9 Å². The number of fused-ring (bicyclic) bond motifs is 1. The minimum absolute atomic E-state index is 0.182. The lowest BCUT2D eigenvalue weighted by Crippen LogP contribution is -2.22. The summed E-state index contributed by atoms with van der Waals surface area (Å²) in [5, 5.41) is 12.0. The average molecular weight is 297 g/mol. The van der Waals surface area contributed by atoms with Crippen LogP contribution >= 0.6 is 0 Å². The molecule has 1 heterocycles. The Morgan fingerprint density at radius 2 is 1.82 bits per heavy atom. The fraction of sp³-hybridized carbons (Fsp3) is 0.368. The molecule has 0 fully saturated rings. The molecule has 3 nitrogen and oxygen atoms in total. The first-order chi connectivity index (χ1) is 10.8. The van der Waals surface area contributed by atoms with E-state index in [1.54, 1.807) is 0 Å². The van der Waals surface area contributed by atoms with E-state index < -0.39 is 0 Å². The van der Waals surface area contributed by atoms with Crippen molar-refractivity contribution < 1.29 is 9.84 Å². The molecule has 1 aliphatic heterocycles. The Hall–Kier alpha value is -1.84. The lowest BCUT2D eigenvalue weighted by atomic mass is 9.91. The Labute approximate surface area is 131 Å². The number of para-hydroxylation sites is 1. The fourth-order valence-electron chi connectivity index (χ4n) is 2.96. The summed E-state index contributed by atoms with van der Waals surface area (Å²) in [7, 11) is 0. The van der Waals surface area contributed by atoms with Gasteiger partial charge in [0.15, 0.2) is 0 Å². The van der Waals surface area contributed by atoms with Crippen LogP contribution in [0.3, 0.4) is 0 Å². The van der Waals surface area contributed by atoms with Gasteiger partial charge in [-0.2, -0.15) is 0 Å². The number of nitrogens with one attached hydrogen (secondary N) is 1. The maximum atomic E-state index is 8.77. The lowest BCUT2D eigenvalue weighted by Gasteiger charge is -2.25. The molecule has 0 bridgehead atoms. The molecule has 0 aliphatic carbocycles. The van der Waals surface area contributed by atoms with E-state index in [2.05, 4.69) is 47.8 Å². The number of benzene rings is 2. The Balaban J connectivity index is 1.55. The average Bonchev–Trinajstić information content (AvgIpc) is 2.57. The molecule has 1 atom stereocenters. The summed E-state index contributed by atoms with van der Waals surface area (Å²) in [4.78, 5) is 0. The topological polar surface area (TPSA) is 41.5 Å². The maximum Gasteiger partial charge on any atom is 0.122 e. The second-order valence-electron chi connectivity index (χ2n) is 5.91. The van der Waals surface area contributed by atoms with Crippen molar-refractivity contribution in [2.45, 2.75) is 19.4 Å². The quantitative estimate of drug-likeness (QED) is 0.805. The Morgan fingerprint density at radius 1 is 1.05 bits per heavy atom. The van der Waals surface area contributed by atoms with Crippen molar-refractivity contribution >= 4 is 0 Å². The molecule has 116 valence electrons. The summed E-state index contributed by atoms with van der Waals surface area (Å²) in [5.41, 5.74) is 3.94. The van der Waals surface area contributed by atoms with Crippen molar-refractivity contribution in [3.8, 4) is 5.75 Å². The van der Waals surface area contributed by atoms with Gasteiger partial charge in [0.25, 0.3) is 0 Å². The van der Waals surface area contributed by atoms with Crippen molar-refractivity contribution in [3.05, 3.63) is 65.2 Å². The van der Waals surface area contributed by atoms with Crippen LogP contribution < -0.4 is 10.1 Å². The predicted octanol–water partition coefficient (Wildman–Crippen LogP) is 2.56. The van der Waals surface area contributed by atoms with E-state index in [-0.39, 0.29) is 6.61 Å². The zero-order chi connectivity index (χ0) is 15.2. The molecular weight excluding hydrogens is 274 g/mol. The largest absolute Gasteiger partial charge is 0.493 e. The molecule has 22 heavy (non-hydrogen) atoms. The first-order valence-corrected chi connectivity index (χ1v) is 7.95. The minimum atomic E-state index is 0.182. The van der Waals surface area contributed by atoms with E-state index in [9.17, 15) is 0 Å². The predicted molar refractivity (Wildman–Crippen MR) is 88.1 cm³/mol. The summed E-state index contributed by atoms with van der Waals surface area (Å²) in [6, 6.07) is 17.1. The van der Waals surface area contributed by atoms with Crippen LogP contribution in [0.4, 0.5) is 0 Å². The molecule has 0 aromatic heterocycles. The van der Waals surface area contributed by atoms with E-state index in [0.29, 0.717) is 12.5 Å². The number of hydrogen-bond donors (Lipinski definition) is 2. The Morgan fingerprint density at radius 3 is 2.64 bits per heavy atom. The summed E-state index contributed by atoms with van der Waals surface area (Å²) in [5.74, 6) is 1.59. The van der Waals surface area contributed by atoms with Crippen LogP contribution in [-0.2, 0) is 19.4 Å². The van der Waals surface area contributed by atoms with Gasteiger partial charge in [-0.3, -0.25) is 0 Å². The first kappa shape index (κ1) is 15.1. The summed E-state index contributed by atoms with van der Waals surface area (Å²) in [6.45, 7) is 2.43. The van der Waals surface area contributed by atoms with Gasteiger partial charge in [-0.05, 0) is 35.6 Å². The Bertz CT molecular complexity index is 595. The fourth-order valence-corrected chi connectivity index (χ4v) is 2.96. The van der Waals surface area contributed by atoms with Gasteiger partial charge >= 0.3 is 0 Å². The van der Waals surface area contributed by atoms with Crippen LogP contribution in [0, 0.1) is 5.92 Å². The highest BCUT2D eigenvalue weighted by Gasteiger charge is 2.19. The van der Waals surface area contributed by atoms with Gasteiger partial charge in [0.2, 0.25) is 0 Å². The molecule has 2 N–H and O–H groups in total. The number of aliphatic hydroxyl groups excluding tert-OH is 1. The zero-order valence-corrected chi connectivity index (χ0v) is 12.8. The van der Waals surface area contributed by atoms with Gasteiger partial charge in [-0.1, -0.05) is 42.5 Å². The molecule has 3 rings (SSSR count). The highest BCUT2D eigenvalue weighted by molar-refractivity contribution is 5.35. The number of rotatable bonds is 6. The molecule has 0 spiro atoms. The molecule has 0 saturated carbocycles. The van der Waals surface area contributed by atoms with Crippen molar-refractivity contribution in [1.82, 2.24) is 5.32 Å². The van der Waals surface area contributed by atoms with Crippen LogP contribution in [0.15, 0.2) is 48.5 Å². The van der Waals surface area contributed by atoms with Crippen LogP contribution in [0.5, 0.6) is 5.75 Å². The highest BCUT2D eigenvalue weighted by Crippen LogP contribution is 2.28. The molecule has 0 saturated heterocycles. The third-order valence-corrected chi connectivity index (χ3v) is 4.12. The Kier molecular flexibility index (Phi) is 5.09. The minimum Gasteiger partial charge on any atom is -0.493 e. The van der Waals surface area contributed by atoms with Crippen molar-refractivity contribution in [2.24, 2.45) is 5.92 Å². The normalized spacial score (nSPS) is 16.9. The summed E-state index contributed by atoms with van der Waals surface area (Å²) < 4.78 is 5.86. The molecule has 2 aromatic rings. The summed E-state index contributed by atoms with van der Waals surface area (Å²) in [6.07, 6.45) is 2.15. The van der Waals surface area contributed by atoms with E-state index in [4.69, 9.17) is 9.84 Å². The molecule has 0 amide bonds. The first-order valence-electron chi connectivity index (χ1n) is 7.95. The zero-order valence-electron chi connectivity index (χ0n) is 12.8. The van der Waals surface area contributed by atoms with Crippen LogP contribution in [0.2, 0.25) is 0 Å². The third-order valence-electron chi connectivity index (χ3n) is 4.12. The summed E-state index contributed by atoms with van der Waals surface area (Å²) >= 11 is 0. The van der Waals surface area contributed by atoms with Crippen molar-refractivity contribution in [2.75, 3.05) is 19.8 Å². The standard InChI is InChI=1S/C19H23NO2/c21-10-9-20-13-16-7-5-15(6-8-16)11-17-12-18-3-1-2-4-19(18)22-14-17/h1-8,17,20-21H,9-14H2. The van der Waals surface area contributed by atoms with Crippen LogP contribution in [0.25, 0.3) is 0 Å². The lowest BCUT2D eigenvalue weighted by molar-refractivity contribution is 0.221. The maximum absolute atomic E-state index is 8.77. The van der Waals surface area contributed by atoms with Gasteiger partial charge in [0.1, 0.15) is 5.75 Å². The number of hydrogen-bond acceptors (Lipinski definition) is 3. The molecular formula is C19H23NO2. The van der Waals surface area contributed by atoms with Crippen molar-refractivity contribution in [1.29, 1.82) is 0 Å². The molecule has 1 aliphatic rings. The van der Waals surface area contributed by atoms with Crippen LogP contribution in [0.1, 0.15) is 16.7 Å². The molecule has 1 unspecified atom stereocenters. The molecule has 2 aromatic carbocycles.